The quantitative estimate of drug-likeness (QED) is 0.601. The first-order valence-corrected chi connectivity index (χ1v) is 9.19. The van der Waals surface area contributed by atoms with Gasteiger partial charge in [-0.05, 0) is 42.7 Å². The summed E-state index contributed by atoms with van der Waals surface area (Å²) in [5, 5.41) is 0.995. The van der Waals surface area contributed by atoms with Crippen molar-refractivity contribution in [1.82, 2.24) is 0 Å². The Kier molecular flexibility index (Phi) is 3.70. The van der Waals surface area contributed by atoms with Gasteiger partial charge in [-0.2, -0.15) is 0 Å². The lowest BCUT2D eigenvalue weighted by molar-refractivity contribution is 0.107. The average molecular weight is 332 g/mol. The minimum Gasteiger partial charge on any atom is -0.460 e. The van der Waals surface area contributed by atoms with Gasteiger partial charge >= 0.3 is 0 Å². The molecule has 0 saturated heterocycles. The van der Waals surface area contributed by atoms with Crippen molar-refractivity contribution in [1.29, 1.82) is 0 Å². The predicted octanol–water partition coefficient (Wildman–Crippen LogP) is 5.23. The van der Waals surface area contributed by atoms with E-state index in [0.717, 1.165) is 33.3 Å². The third kappa shape index (κ3) is 2.44. The SMILES string of the molecule is Cc1ccc(C(=O)P2Oc3ccccc3-c3ccccc32)cc1C. The van der Waals surface area contributed by atoms with Gasteiger partial charge in [0.2, 0.25) is 5.52 Å². The van der Waals surface area contributed by atoms with Gasteiger partial charge in [-0.15, -0.1) is 0 Å². The van der Waals surface area contributed by atoms with E-state index in [9.17, 15) is 4.79 Å². The van der Waals surface area contributed by atoms with Crippen molar-refractivity contribution in [2.24, 2.45) is 0 Å². The van der Waals surface area contributed by atoms with Crippen LogP contribution >= 0.6 is 8.15 Å². The third-order valence-electron chi connectivity index (χ3n) is 4.43. The summed E-state index contributed by atoms with van der Waals surface area (Å²) < 4.78 is 6.16. The molecule has 3 heteroatoms. The molecular formula is C21H17O2P. The van der Waals surface area contributed by atoms with Crippen LogP contribution in [0.5, 0.6) is 5.75 Å². The van der Waals surface area contributed by atoms with Gasteiger partial charge in [0.1, 0.15) is 5.75 Å². The van der Waals surface area contributed by atoms with Crippen molar-refractivity contribution < 1.29 is 9.32 Å². The average Bonchev–Trinajstić information content (AvgIpc) is 2.63. The molecule has 24 heavy (non-hydrogen) atoms. The largest absolute Gasteiger partial charge is 0.460 e. The van der Waals surface area contributed by atoms with E-state index in [-0.39, 0.29) is 5.52 Å². The molecule has 0 aromatic heterocycles. The van der Waals surface area contributed by atoms with E-state index in [1.165, 1.54) is 5.56 Å². The van der Waals surface area contributed by atoms with Crippen molar-refractivity contribution in [2.45, 2.75) is 13.8 Å². The zero-order valence-electron chi connectivity index (χ0n) is 13.6. The Hall–Kier alpha value is -2.44. The van der Waals surface area contributed by atoms with Crippen LogP contribution in [0.15, 0.2) is 66.7 Å². The first-order valence-electron chi connectivity index (χ1n) is 7.93. The summed E-state index contributed by atoms with van der Waals surface area (Å²) in [4.78, 5) is 13.1. The molecule has 3 aromatic rings. The van der Waals surface area contributed by atoms with E-state index in [0.29, 0.717) is 0 Å². The maximum atomic E-state index is 13.1. The van der Waals surface area contributed by atoms with Crippen LogP contribution in [0, 0.1) is 13.8 Å². The van der Waals surface area contributed by atoms with E-state index in [4.69, 9.17) is 4.52 Å². The number of hydrogen-bond donors (Lipinski definition) is 0. The van der Waals surface area contributed by atoms with E-state index in [2.05, 4.69) is 13.0 Å². The molecule has 0 aliphatic carbocycles. The van der Waals surface area contributed by atoms with Crippen LogP contribution in [-0.4, -0.2) is 5.52 Å². The van der Waals surface area contributed by atoms with E-state index in [1.54, 1.807) is 0 Å². The second-order valence-electron chi connectivity index (χ2n) is 6.00. The predicted molar refractivity (Wildman–Crippen MR) is 99.3 cm³/mol. The molecule has 0 saturated carbocycles. The van der Waals surface area contributed by atoms with E-state index in [1.807, 2.05) is 67.6 Å². The van der Waals surface area contributed by atoms with Crippen LogP contribution in [0.2, 0.25) is 0 Å². The lowest BCUT2D eigenvalue weighted by Crippen LogP contribution is -2.19. The molecule has 0 bridgehead atoms. The van der Waals surface area contributed by atoms with Gasteiger partial charge in [0, 0.05) is 16.4 Å². The van der Waals surface area contributed by atoms with Crippen LogP contribution < -0.4 is 9.83 Å². The summed E-state index contributed by atoms with van der Waals surface area (Å²) >= 11 is 0. The van der Waals surface area contributed by atoms with Gasteiger partial charge in [0.25, 0.3) is 0 Å². The lowest BCUT2D eigenvalue weighted by atomic mass is 10.0. The van der Waals surface area contributed by atoms with Crippen LogP contribution in [0.1, 0.15) is 21.5 Å². The molecule has 0 radical (unpaired) electrons. The van der Waals surface area contributed by atoms with Crippen LogP contribution in [-0.2, 0) is 0 Å². The number of rotatable bonds is 2. The van der Waals surface area contributed by atoms with Gasteiger partial charge in [0.05, 0.1) is 0 Å². The van der Waals surface area contributed by atoms with Crippen LogP contribution in [0.4, 0.5) is 0 Å². The van der Waals surface area contributed by atoms with Crippen molar-refractivity contribution in [2.75, 3.05) is 0 Å². The Morgan fingerprint density at radius 2 is 1.54 bits per heavy atom. The van der Waals surface area contributed by atoms with Crippen molar-refractivity contribution in [3.8, 4) is 16.9 Å². The zero-order valence-corrected chi connectivity index (χ0v) is 14.5. The second kappa shape index (κ2) is 5.89. The van der Waals surface area contributed by atoms with E-state index < -0.39 is 8.15 Å². The molecule has 118 valence electrons. The number of carbonyl (C=O) groups excluding carboxylic acids is 1. The van der Waals surface area contributed by atoms with Gasteiger partial charge in [-0.25, -0.2) is 0 Å². The molecule has 4 rings (SSSR count). The lowest BCUT2D eigenvalue weighted by Gasteiger charge is -2.27. The Balaban J connectivity index is 1.82. The highest BCUT2D eigenvalue weighted by atomic mass is 31.1. The molecular weight excluding hydrogens is 315 g/mol. The molecule has 1 unspecified atom stereocenters. The van der Waals surface area contributed by atoms with Crippen LogP contribution in [0.25, 0.3) is 11.1 Å². The van der Waals surface area contributed by atoms with E-state index >= 15 is 0 Å². The highest BCUT2D eigenvalue weighted by Crippen LogP contribution is 2.50. The highest BCUT2D eigenvalue weighted by Gasteiger charge is 2.32. The summed E-state index contributed by atoms with van der Waals surface area (Å²) in [6.07, 6.45) is 0. The molecule has 0 amide bonds. The second-order valence-corrected chi connectivity index (χ2v) is 7.66. The zero-order chi connectivity index (χ0) is 16.7. The Labute approximate surface area is 142 Å². The number of hydrogen-bond acceptors (Lipinski definition) is 2. The summed E-state index contributed by atoms with van der Waals surface area (Å²) in [7, 11) is -1.37. The third-order valence-corrected chi connectivity index (χ3v) is 6.26. The van der Waals surface area contributed by atoms with Gasteiger partial charge in [-0.1, -0.05) is 54.6 Å². The summed E-state index contributed by atoms with van der Waals surface area (Å²) in [6.45, 7) is 4.09. The number of aryl methyl sites for hydroxylation is 2. The fourth-order valence-electron chi connectivity index (χ4n) is 2.94. The van der Waals surface area contributed by atoms with Crippen molar-refractivity contribution >= 4 is 19.0 Å². The first kappa shape index (κ1) is 15.1. The van der Waals surface area contributed by atoms with Gasteiger partial charge in [0.15, 0.2) is 8.15 Å². The molecule has 0 fully saturated rings. The van der Waals surface area contributed by atoms with Gasteiger partial charge < -0.3 is 4.52 Å². The standard InChI is InChI=1S/C21H17O2P/c1-14-11-12-16(13-15(14)2)21(22)24-20-10-6-4-8-18(20)17-7-3-5-9-19(17)23-24/h3-13H,1-2H3. The minimum atomic E-state index is -1.37. The summed E-state index contributed by atoms with van der Waals surface area (Å²) in [5.41, 5.74) is 5.26. The molecule has 0 spiro atoms. The normalized spacial score (nSPS) is 15.2. The number of para-hydroxylation sites is 1. The Morgan fingerprint density at radius 1 is 0.833 bits per heavy atom. The smallest absolute Gasteiger partial charge is 0.228 e. The Bertz CT molecular complexity index is 946. The molecule has 1 aliphatic heterocycles. The molecule has 1 atom stereocenters. The van der Waals surface area contributed by atoms with Gasteiger partial charge in [-0.3, -0.25) is 4.79 Å². The molecule has 2 nitrogen and oxygen atoms in total. The maximum absolute atomic E-state index is 13.1. The molecule has 1 aliphatic rings. The molecule has 3 aromatic carbocycles. The number of carbonyl (C=O) groups is 1. The first-order chi connectivity index (χ1) is 11.6. The summed E-state index contributed by atoms with van der Waals surface area (Å²) in [5.74, 6) is 0.791. The number of fused-ring (bicyclic) bond motifs is 3. The van der Waals surface area contributed by atoms with Crippen molar-refractivity contribution in [3.05, 3.63) is 83.4 Å². The summed E-state index contributed by atoms with van der Waals surface area (Å²) in [6, 6.07) is 21.9. The minimum absolute atomic E-state index is 0.0649. The Morgan fingerprint density at radius 3 is 2.33 bits per heavy atom. The molecule has 0 N–H and O–H groups in total. The van der Waals surface area contributed by atoms with Crippen LogP contribution in [0.3, 0.4) is 0 Å². The highest BCUT2D eigenvalue weighted by molar-refractivity contribution is 7.78. The molecule has 1 heterocycles. The number of benzene rings is 3. The fourth-order valence-corrected chi connectivity index (χ4v) is 4.70. The maximum Gasteiger partial charge on any atom is 0.228 e. The topological polar surface area (TPSA) is 26.3 Å². The fraction of sp³-hybridized carbons (Fsp3) is 0.0952. The van der Waals surface area contributed by atoms with Crippen molar-refractivity contribution in [3.63, 3.8) is 0 Å². The monoisotopic (exact) mass is 332 g/mol.